The molecule has 0 atom stereocenters. The maximum atomic E-state index is 11.7. The van der Waals surface area contributed by atoms with E-state index in [4.69, 9.17) is 4.74 Å². The van der Waals surface area contributed by atoms with E-state index in [2.05, 4.69) is 49.8 Å². The lowest BCUT2D eigenvalue weighted by Gasteiger charge is -2.26. The summed E-state index contributed by atoms with van der Waals surface area (Å²) in [5.41, 5.74) is 2.28. The molecule has 0 spiro atoms. The molecule has 2 fully saturated rings. The van der Waals surface area contributed by atoms with Gasteiger partial charge in [-0.2, -0.15) is 4.98 Å². The Kier molecular flexibility index (Phi) is 7.77. The van der Waals surface area contributed by atoms with Crippen LogP contribution in [0.25, 0.3) is 0 Å². The van der Waals surface area contributed by atoms with Crippen molar-refractivity contribution in [2.24, 2.45) is 0 Å². The summed E-state index contributed by atoms with van der Waals surface area (Å²) in [5.74, 6) is 2.04. The smallest absolute Gasteiger partial charge is 0.229 e. The number of nitrogens with zero attached hydrogens (tertiary/aromatic N) is 4. The minimum Gasteiger partial charge on any atom is -0.491 e. The van der Waals surface area contributed by atoms with E-state index >= 15 is 0 Å². The Hall–Kier alpha value is -2.87. The molecule has 3 heterocycles. The number of rotatable bonds is 10. The molecule has 1 amide bonds. The number of methoxy groups -OCH3 is 1. The molecule has 2 aromatic rings. The molecule has 1 aromatic heterocycles. The first kappa shape index (κ1) is 22.3. The minimum atomic E-state index is 0.262. The molecule has 0 aliphatic carbocycles. The first-order valence-corrected chi connectivity index (χ1v) is 11.7. The average Bonchev–Trinajstić information content (AvgIpc) is 3.23. The summed E-state index contributed by atoms with van der Waals surface area (Å²) in [5, 5.41) is 6.61. The van der Waals surface area contributed by atoms with Crippen molar-refractivity contribution < 1.29 is 9.53 Å². The number of benzene rings is 1. The lowest BCUT2D eigenvalue weighted by atomic mass is 10.1. The van der Waals surface area contributed by atoms with Crippen LogP contribution in [0.15, 0.2) is 30.5 Å². The lowest BCUT2D eigenvalue weighted by Crippen LogP contribution is -2.29. The fraction of sp³-hybridized carbons (Fsp3) is 0.542. The molecule has 2 saturated heterocycles. The van der Waals surface area contributed by atoms with Crippen molar-refractivity contribution in [3.63, 3.8) is 0 Å². The number of piperidine rings is 1. The normalized spacial score (nSPS) is 16.9. The predicted octanol–water partition coefficient (Wildman–Crippen LogP) is 3.64. The molecule has 0 saturated carbocycles. The van der Waals surface area contributed by atoms with E-state index in [9.17, 15) is 4.79 Å². The van der Waals surface area contributed by atoms with Gasteiger partial charge in [-0.1, -0.05) is 18.6 Å². The third-order valence-electron chi connectivity index (χ3n) is 6.11. The number of nitrogens with one attached hydrogen (secondary N) is 2. The predicted molar refractivity (Wildman–Crippen MR) is 126 cm³/mol. The number of hydrogen-bond acceptors (Lipinski definition) is 7. The van der Waals surface area contributed by atoms with Gasteiger partial charge in [-0.15, -0.1) is 0 Å². The van der Waals surface area contributed by atoms with Gasteiger partial charge >= 0.3 is 0 Å². The van der Waals surface area contributed by atoms with Gasteiger partial charge in [0.2, 0.25) is 11.9 Å². The molecule has 2 aliphatic heterocycles. The van der Waals surface area contributed by atoms with Crippen LogP contribution < -0.4 is 15.4 Å². The topological polar surface area (TPSA) is 82.6 Å². The number of ether oxygens (including phenoxy) is 1. The quantitative estimate of drug-likeness (QED) is 0.548. The highest BCUT2D eigenvalue weighted by Crippen LogP contribution is 2.24. The zero-order valence-corrected chi connectivity index (χ0v) is 19.0. The highest BCUT2D eigenvalue weighted by molar-refractivity contribution is 5.78. The zero-order chi connectivity index (χ0) is 22.2. The molecule has 4 rings (SSSR count). The third kappa shape index (κ3) is 6.09. The Morgan fingerprint density at radius 1 is 1.06 bits per heavy atom. The standard InChI is InChI=1S/C24H34N6O2/c1-32-21-17-26-24(28-23(21)25-12-6-16-30-15-5-7-22(30)31)27-20-10-8-19(9-11-20)18-29-13-3-2-4-14-29/h8-11,17H,2-7,12-16,18H2,1H3,(H2,25,26,27,28). The van der Waals surface area contributed by atoms with Crippen LogP contribution in [0.4, 0.5) is 17.5 Å². The number of likely N-dealkylation sites (tertiary alicyclic amines) is 2. The molecule has 172 valence electrons. The van der Waals surface area contributed by atoms with Crippen LogP contribution in [0.3, 0.4) is 0 Å². The van der Waals surface area contributed by atoms with Crippen molar-refractivity contribution in [1.82, 2.24) is 19.8 Å². The van der Waals surface area contributed by atoms with Crippen molar-refractivity contribution in [1.29, 1.82) is 0 Å². The lowest BCUT2D eigenvalue weighted by molar-refractivity contribution is -0.127. The highest BCUT2D eigenvalue weighted by atomic mass is 16.5. The number of carbonyl (C=O) groups is 1. The molecule has 2 N–H and O–H groups in total. The second-order valence-corrected chi connectivity index (χ2v) is 8.53. The second-order valence-electron chi connectivity index (χ2n) is 8.53. The molecule has 32 heavy (non-hydrogen) atoms. The van der Waals surface area contributed by atoms with Gasteiger partial charge in [0.25, 0.3) is 0 Å². The van der Waals surface area contributed by atoms with Crippen LogP contribution in [0.1, 0.15) is 44.1 Å². The summed E-state index contributed by atoms with van der Waals surface area (Å²) in [7, 11) is 1.61. The van der Waals surface area contributed by atoms with Gasteiger partial charge < -0.3 is 20.3 Å². The number of hydrogen-bond donors (Lipinski definition) is 2. The minimum absolute atomic E-state index is 0.262. The van der Waals surface area contributed by atoms with Crippen LogP contribution in [-0.4, -0.2) is 65.5 Å². The fourth-order valence-corrected chi connectivity index (χ4v) is 4.32. The molecule has 0 bridgehead atoms. The second kappa shape index (κ2) is 11.1. The van der Waals surface area contributed by atoms with Crippen molar-refractivity contribution in [3.8, 4) is 5.75 Å². The van der Waals surface area contributed by atoms with E-state index in [0.29, 0.717) is 30.5 Å². The zero-order valence-electron chi connectivity index (χ0n) is 19.0. The van der Waals surface area contributed by atoms with Gasteiger partial charge in [-0.3, -0.25) is 9.69 Å². The Morgan fingerprint density at radius 3 is 2.59 bits per heavy atom. The molecule has 0 unspecified atom stereocenters. The highest BCUT2D eigenvalue weighted by Gasteiger charge is 2.19. The molecule has 8 heteroatoms. The SMILES string of the molecule is COc1cnc(Nc2ccc(CN3CCCCC3)cc2)nc1NCCCN1CCCC1=O. The first-order chi connectivity index (χ1) is 15.7. The maximum Gasteiger partial charge on any atom is 0.229 e. The summed E-state index contributed by atoms with van der Waals surface area (Å²) in [6, 6.07) is 8.48. The van der Waals surface area contributed by atoms with Gasteiger partial charge in [0, 0.05) is 38.3 Å². The van der Waals surface area contributed by atoms with Crippen LogP contribution >= 0.6 is 0 Å². The van der Waals surface area contributed by atoms with Crippen molar-refractivity contribution >= 4 is 23.4 Å². The summed E-state index contributed by atoms with van der Waals surface area (Å²) in [4.78, 5) is 25.2. The van der Waals surface area contributed by atoms with Gasteiger partial charge in [0.15, 0.2) is 11.6 Å². The van der Waals surface area contributed by atoms with Gasteiger partial charge in [0.05, 0.1) is 13.3 Å². The van der Waals surface area contributed by atoms with E-state index in [0.717, 1.165) is 38.2 Å². The molecule has 2 aliphatic rings. The van der Waals surface area contributed by atoms with Crippen LogP contribution in [0.5, 0.6) is 5.75 Å². The number of anilines is 3. The monoisotopic (exact) mass is 438 g/mol. The number of amides is 1. The molecule has 1 aromatic carbocycles. The first-order valence-electron chi connectivity index (χ1n) is 11.7. The van der Waals surface area contributed by atoms with Crippen molar-refractivity contribution in [2.75, 3.05) is 50.5 Å². The van der Waals surface area contributed by atoms with Gasteiger partial charge in [-0.25, -0.2) is 4.98 Å². The summed E-state index contributed by atoms with van der Waals surface area (Å²) in [6.07, 6.45) is 8.16. The Bertz CT molecular complexity index is 883. The largest absolute Gasteiger partial charge is 0.491 e. The number of carbonyl (C=O) groups excluding carboxylic acids is 1. The van der Waals surface area contributed by atoms with Crippen LogP contribution in [0.2, 0.25) is 0 Å². The molecule has 8 nitrogen and oxygen atoms in total. The molecular formula is C24H34N6O2. The summed E-state index contributed by atoms with van der Waals surface area (Å²) in [6.45, 7) is 5.76. The third-order valence-corrected chi connectivity index (χ3v) is 6.11. The Labute approximate surface area is 190 Å². The Morgan fingerprint density at radius 2 is 1.88 bits per heavy atom. The van der Waals surface area contributed by atoms with E-state index in [-0.39, 0.29) is 5.91 Å². The summed E-state index contributed by atoms with van der Waals surface area (Å²) >= 11 is 0. The Balaban J connectivity index is 1.30. The molecular weight excluding hydrogens is 404 g/mol. The van der Waals surface area contributed by atoms with Gasteiger partial charge in [0.1, 0.15) is 0 Å². The van der Waals surface area contributed by atoms with E-state index in [1.807, 2.05) is 4.90 Å². The fourth-order valence-electron chi connectivity index (χ4n) is 4.32. The molecule has 0 radical (unpaired) electrons. The number of aromatic nitrogens is 2. The average molecular weight is 439 g/mol. The maximum absolute atomic E-state index is 11.7. The summed E-state index contributed by atoms with van der Waals surface area (Å²) < 4.78 is 5.40. The van der Waals surface area contributed by atoms with Gasteiger partial charge in [-0.05, 0) is 56.5 Å². The van der Waals surface area contributed by atoms with Crippen molar-refractivity contribution in [3.05, 3.63) is 36.0 Å². The van der Waals surface area contributed by atoms with E-state index in [1.165, 1.54) is 37.9 Å². The van der Waals surface area contributed by atoms with Crippen LogP contribution in [0, 0.1) is 0 Å². The van der Waals surface area contributed by atoms with Crippen LogP contribution in [-0.2, 0) is 11.3 Å². The van der Waals surface area contributed by atoms with E-state index < -0.39 is 0 Å². The van der Waals surface area contributed by atoms with E-state index in [1.54, 1.807) is 13.3 Å². The van der Waals surface area contributed by atoms with Crippen molar-refractivity contribution in [2.45, 2.75) is 45.1 Å².